The number of fused-ring (bicyclic) bond motifs is 4. The second-order valence-corrected chi connectivity index (χ2v) is 14.9. The van der Waals surface area contributed by atoms with E-state index in [2.05, 4.69) is 215 Å². The molecule has 3 nitrogen and oxygen atoms in total. The second kappa shape index (κ2) is 12.4. The molecule has 0 saturated carbocycles. The highest BCUT2D eigenvalue weighted by Gasteiger charge is 2.28. The summed E-state index contributed by atoms with van der Waals surface area (Å²) in [5, 5.41) is 7.33. The summed E-state index contributed by atoms with van der Waals surface area (Å²) in [5.41, 5.74) is 10.0. The fraction of sp³-hybridized carbons (Fsp3) is 0. The Hall–Kier alpha value is -6.88. The highest BCUT2D eigenvalue weighted by molar-refractivity contribution is 7.26. The largest absolute Gasteiger partial charge is 0.310 e. The Morgan fingerprint density at radius 3 is 1.28 bits per heavy atom. The van der Waals surface area contributed by atoms with Gasteiger partial charge in [-0.05, 0) is 89.6 Å². The smallest absolute Gasteiger partial charge is 0.0555 e. The zero-order valence-corrected chi connectivity index (χ0v) is 30.1. The lowest BCUT2D eigenvalue weighted by Crippen LogP contribution is -2.16. The second-order valence-electron chi connectivity index (χ2n) is 13.8. The standard InChI is InChI=1S/C50H33N3S/c1-3-19-36(20-4-1)51-38-31-39(52(37-21-5-2-6-22-37)46-28-14-30-48-50(46)49-45(51)27-13-29-47(49)54-48)33-40(32-38)53(43-25-11-17-34-15-7-9-23-41(34)43)44-26-12-18-35-16-8-10-24-42(35)44/h1-33H. The Morgan fingerprint density at radius 1 is 0.352 bits per heavy atom. The fourth-order valence-electron chi connectivity index (χ4n) is 8.39. The first-order chi connectivity index (χ1) is 26.8. The zero-order chi connectivity index (χ0) is 35.6. The van der Waals surface area contributed by atoms with Crippen LogP contribution in [0.5, 0.6) is 0 Å². The van der Waals surface area contributed by atoms with Crippen molar-refractivity contribution in [1.82, 2.24) is 0 Å². The van der Waals surface area contributed by atoms with Crippen LogP contribution in [0, 0.1) is 0 Å². The Bertz CT molecular complexity index is 2810. The van der Waals surface area contributed by atoms with Gasteiger partial charge in [0.25, 0.3) is 0 Å². The van der Waals surface area contributed by atoms with E-state index < -0.39 is 0 Å². The third-order valence-corrected chi connectivity index (χ3v) is 11.8. The maximum atomic E-state index is 2.47. The molecule has 1 aliphatic heterocycles. The molecule has 11 rings (SSSR count). The third kappa shape index (κ3) is 4.81. The lowest BCUT2D eigenvalue weighted by molar-refractivity contribution is 1.24. The molecular weight excluding hydrogens is 675 g/mol. The number of benzene rings is 9. The van der Waals surface area contributed by atoms with E-state index in [0.717, 1.165) is 51.2 Å². The topological polar surface area (TPSA) is 9.72 Å². The summed E-state index contributed by atoms with van der Waals surface area (Å²) in [6, 6.07) is 73.0. The minimum atomic E-state index is 1.07. The molecule has 10 aromatic rings. The van der Waals surface area contributed by atoms with Crippen LogP contribution in [0.25, 0.3) is 41.7 Å². The van der Waals surface area contributed by atoms with Crippen LogP contribution >= 0.6 is 11.3 Å². The van der Waals surface area contributed by atoms with Crippen molar-refractivity contribution in [2.45, 2.75) is 0 Å². The van der Waals surface area contributed by atoms with Crippen LogP contribution in [0.1, 0.15) is 0 Å². The van der Waals surface area contributed by atoms with Crippen LogP contribution in [0.15, 0.2) is 200 Å². The van der Waals surface area contributed by atoms with Gasteiger partial charge in [0, 0.05) is 42.3 Å². The van der Waals surface area contributed by atoms with Gasteiger partial charge in [-0.2, -0.15) is 0 Å². The van der Waals surface area contributed by atoms with Gasteiger partial charge in [-0.15, -0.1) is 11.3 Å². The average Bonchev–Trinajstić information content (AvgIpc) is 3.63. The van der Waals surface area contributed by atoms with Crippen LogP contribution in [-0.2, 0) is 0 Å². The summed E-state index contributed by atoms with van der Waals surface area (Å²) in [6.07, 6.45) is 0. The SMILES string of the molecule is c1ccc(N2c3cc(N(c4cccc5ccccc45)c4cccc5ccccc45)cc(c3)N(c3ccccc3)c3cccc4sc5cccc2c5c34)cc1. The van der Waals surface area contributed by atoms with E-state index in [0.29, 0.717) is 0 Å². The van der Waals surface area contributed by atoms with Crippen molar-refractivity contribution in [3.63, 3.8) is 0 Å². The Labute approximate surface area is 317 Å². The number of hydrogen-bond acceptors (Lipinski definition) is 4. The van der Waals surface area contributed by atoms with E-state index >= 15 is 0 Å². The molecule has 54 heavy (non-hydrogen) atoms. The van der Waals surface area contributed by atoms with Gasteiger partial charge in [0.1, 0.15) is 0 Å². The van der Waals surface area contributed by atoms with Gasteiger partial charge < -0.3 is 14.7 Å². The molecule has 4 heteroatoms. The number of anilines is 9. The first kappa shape index (κ1) is 30.7. The van der Waals surface area contributed by atoms with Crippen molar-refractivity contribution < 1.29 is 0 Å². The first-order valence-electron chi connectivity index (χ1n) is 18.4. The summed E-state index contributed by atoms with van der Waals surface area (Å²) >= 11 is 1.86. The molecule has 0 atom stereocenters. The van der Waals surface area contributed by atoms with Crippen LogP contribution < -0.4 is 14.7 Å². The maximum absolute atomic E-state index is 2.47. The van der Waals surface area contributed by atoms with Crippen molar-refractivity contribution >= 4 is 104 Å². The van der Waals surface area contributed by atoms with E-state index in [1.54, 1.807) is 0 Å². The monoisotopic (exact) mass is 707 g/mol. The third-order valence-electron chi connectivity index (χ3n) is 10.7. The minimum absolute atomic E-state index is 1.07. The summed E-state index contributed by atoms with van der Waals surface area (Å²) in [5.74, 6) is 0. The molecule has 0 aliphatic carbocycles. The minimum Gasteiger partial charge on any atom is -0.310 e. The molecule has 0 radical (unpaired) electrons. The summed E-state index contributed by atoms with van der Waals surface area (Å²) in [6.45, 7) is 0. The highest BCUT2D eigenvalue weighted by Crippen LogP contribution is 2.54. The van der Waals surface area contributed by atoms with Crippen LogP contribution in [0.2, 0.25) is 0 Å². The first-order valence-corrected chi connectivity index (χ1v) is 19.2. The molecule has 2 bridgehead atoms. The normalized spacial score (nSPS) is 12.4. The molecule has 0 amide bonds. The van der Waals surface area contributed by atoms with Crippen molar-refractivity contribution in [2.75, 3.05) is 14.7 Å². The molecule has 0 spiro atoms. The number of para-hydroxylation sites is 2. The van der Waals surface area contributed by atoms with E-state index in [-0.39, 0.29) is 0 Å². The van der Waals surface area contributed by atoms with Crippen LogP contribution in [-0.4, -0.2) is 0 Å². The maximum Gasteiger partial charge on any atom is 0.0555 e. The van der Waals surface area contributed by atoms with Crippen molar-refractivity contribution in [2.24, 2.45) is 0 Å². The molecule has 0 saturated heterocycles. The van der Waals surface area contributed by atoms with E-state index in [4.69, 9.17) is 0 Å². The molecule has 254 valence electrons. The predicted molar refractivity (Wildman–Crippen MR) is 232 cm³/mol. The van der Waals surface area contributed by atoms with Crippen LogP contribution in [0.4, 0.5) is 51.2 Å². The van der Waals surface area contributed by atoms with Gasteiger partial charge in [0.2, 0.25) is 0 Å². The Morgan fingerprint density at radius 2 is 0.778 bits per heavy atom. The van der Waals surface area contributed by atoms with Gasteiger partial charge >= 0.3 is 0 Å². The average molecular weight is 708 g/mol. The Kier molecular flexibility index (Phi) is 7.04. The summed E-state index contributed by atoms with van der Waals surface area (Å²) in [7, 11) is 0. The lowest BCUT2D eigenvalue weighted by Gasteiger charge is -2.33. The summed E-state index contributed by atoms with van der Waals surface area (Å²) in [4.78, 5) is 7.38. The van der Waals surface area contributed by atoms with Crippen molar-refractivity contribution in [1.29, 1.82) is 0 Å². The fourth-order valence-corrected chi connectivity index (χ4v) is 9.54. The lowest BCUT2D eigenvalue weighted by atomic mass is 10.0. The number of thiophene rings is 1. The molecule has 1 aromatic heterocycles. The van der Waals surface area contributed by atoms with Crippen molar-refractivity contribution in [3.05, 3.63) is 200 Å². The number of hydrogen-bond donors (Lipinski definition) is 0. The molecule has 9 aromatic carbocycles. The van der Waals surface area contributed by atoms with Gasteiger partial charge in [-0.25, -0.2) is 0 Å². The van der Waals surface area contributed by atoms with Crippen LogP contribution in [0.3, 0.4) is 0 Å². The van der Waals surface area contributed by atoms with Gasteiger partial charge in [0.05, 0.1) is 39.8 Å². The number of rotatable bonds is 5. The predicted octanol–water partition coefficient (Wildman–Crippen LogP) is 15.1. The van der Waals surface area contributed by atoms with Gasteiger partial charge in [-0.1, -0.05) is 121 Å². The van der Waals surface area contributed by atoms with Gasteiger partial charge in [-0.3, -0.25) is 0 Å². The molecule has 0 unspecified atom stereocenters. The molecular formula is C50H33N3S. The zero-order valence-electron chi connectivity index (χ0n) is 29.3. The highest BCUT2D eigenvalue weighted by atomic mass is 32.1. The summed E-state index contributed by atoms with van der Waals surface area (Å²) < 4.78 is 2.54. The Balaban J connectivity index is 1.30. The molecule has 1 aliphatic rings. The molecule has 0 fully saturated rings. The number of nitrogens with zero attached hydrogens (tertiary/aromatic N) is 3. The van der Waals surface area contributed by atoms with Gasteiger partial charge in [0.15, 0.2) is 0 Å². The van der Waals surface area contributed by atoms with E-state index in [9.17, 15) is 0 Å². The molecule has 0 N–H and O–H groups in total. The van der Waals surface area contributed by atoms with E-state index in [1.807, 2.05) is 11.3 Å². The molecule has 2 heterocycles. The quantitative estimate of drug-likeness (QED) is 0.176. The van der Waals surface area contributed by atoms with Crippen molar-refractivity contribution in [3.8, 4) is 0 Å². The van der Waals surface area contributed by atoms with E-state index in [1.165, 1.54) is 41.7 Å².